The SMILES string of the molecule is O=C1C[C@@H](c2ccc(F)cc2)N[C@@H](c2ccc(F)cc2)C1. The zero-order chi connectivity index (χ0) is 14.8. The molecule has 0 bridgehead atoms. The lowest BCUT2D eigenvalue weighted by atomic mass is 9.89. The molecule has 0 aromatic heterocycles. The van der Waals surface area contributed by atoms with E-state index in [1.165, 1.54) is 24.3 Å². The van der Waals surface area contributed by atoms with Gasteiger partial charge in [-0.25, -0.2) is 8.78 Å². The molecule has 1 heterocycles. The number of nitrogens with one attached hydrogen (secondary N) is 1. The Labute approximate surface area is 121 Å². The third-order valence-electron chi connectivity index (χ3n) is 3.81. The van der Waals surface area contributed by atoms with Crippen LogP contribution in [0.5, 0.6) is 0 Å². The Kier molecular flexibility index (Phi) is 3.80. The second kappa shape index (κ2) is 5.74. The van der Waals surface area contributed by atoms with Gasteiger partial charge in [-0.05, 0) is 35.4 Å². The molecule has 4 heteroatoms. The molecule has 2 nitrogen and oxygen atoms in total. The van der Waals surface area contributed by atoms with Crippen molar-refractivity contribution in [1.82, 2.24) is 5.32 Å². The minimum Gasteiger partial charge on any atom is -0.302 e. The maximum absolute atomic E-state index is 13.0. The molecule has 108 valence electrons. The number of carbonyl (C=O) groups excluding carboxylic acids is 1. The number of hydrogen-bond acceptors (Lipinski definition) is 2. The van der Waals surface area contributed by atoms with E-state index in [0.29, 0.717) is 12.8 Å². The molecule has 0 saturated carbocycles. The summed E-state index contributed by atoms with van der Waals surface area (Å²) in [5.74, 6) is -0.440. The molecule has 0 spiro atoms. The molecular weight excluding hydrogens is 272 g/mol. The fourth-order valence-corrected chi connectivity index (χ4v) is 2.72. The fraction of sp³-hybridized carbons (Fsp3) is 0.235. The summed E-state index contributed by atoms with van der Waals surface area (Å²) in [6.45, 7) is 0. The van der Waals surface area contributed by atoms with Crippen LogP contribution in [-0.2, 0) is 4.79 Å². The molecule has 2 atom stereocenters. The van der Waals surface area contributed by atoms with Crippen LogP contribution in [0, 0.1) is 11.6 Å². The predicted octanol–water partition coefficient (Wildman–Crippen LogP) is 3.70. The Morgan fingerprint density at radius 2 is 1.14 bits per heavy atom. The second-order valence-electron chi connectivity index (χ2n) is 5.32. The lowest BCUT2D eigenvalue weighted by molar-refractivity contribution is -0.121. The fourth-order valence-electron chi connectivity index (χ4n) is 2.72. The first-order valence-electron chi connectivity index (χ1n) is 6.90. The van der Waals surface area contributed by atoms with Crippen LogP contribution in [-0.4, -0.2) is 5.78 Å². The van der Waals surface area contributed by atoms with Gasteiger partial charge in [0.05, 0.1) is 0 Å². The van der Waals surface area contributed by atoms with Gasteiger partial charge >= 0.3 is 0 Å². The standard InChI is InChI=1S/C17H15F2NO/c18-13-5-1-11(2-6-13)16-9-15(21)10-17(20-16)12-3-7-14(19)8-4-12/h1-8,16-17,20H,9-10H2/t16-,17+. The molecule has 21 heavy (non-hydrogen) atoms. The van der Waals surface area contributed by atoms with Crippen molar-refractivity contribution in [3.8, 4) is 0 Å². The number of hydrogen-bond donors (Lipinski definition) is 1. The summed E-state index contributed by atoms with van der Waals surface area (Å²) in [7, 11) is 0. The highest BCUT2D eigenvalue weighted by Crippen LogP contribution is 2.30. The highest BCUT2D eigenvalue weighted by Gasteiger charge is 2.28. The molecule has 0 radical (unpaired) electrons. The van der Waals surface area contributed by atoms with Gasteiger partial charge in [0.1, 0.15) is 17.4 Å². The number of halogens is 2. The monoisotopic (exact) mass is 287 g/mol. The Balaban J connectivity index is 1.82. The van der Waals surface area contributed by atoms with E-state index in [9.17, 15) is 13.6 Å². The number of ketones is 1. The lowest BCUT2D eigenvalue weighted by Crippen LogP contribution is -2.35. The van der Waals surface area contributed by atoms with Crippen LogP contribution < -0.4 is 5.32 Å². The summed E-state index contributed by atoms with van der Waals surface area (Å²) in [5, 5.41) is 3.39. The molecule has 0 amide bonds. The zero-order valence-electron chi connectivity index (χ0n) is 11.4. The van der Waals surface area contributed by atoms with Crippen LogP contribution in [0.2, 0.25) is 0 Å². The molecule has 1 fully saturated rings. The van der Waals surface area contributed by atoms with E-state index < -0.39 is 0 Å². The summed E-state index contributed by atoms with van der Waals surface area (Å²) in [6.07, 6.45) is 0.784. The molecular formula is C17H15F2NO. The van der Waals surface area contributed by atoms with Crippen molar-refractivity contribution < 1.29 is 13.6 Å². The quantitative estimate of drug-likeness (QED) is 0.912. The number of rotatable bonds is 2. The van der Waals surface area contributed by atoms with Gasteiger partial charge in [0.25, 0.3) is 0 Å². The van der Waals surface area contributed by atoms with Crippen molar-refractivity contribution in [3.63, 3.8) is 0 Å². The van der Waals surface area contributed by atoms with E-state index in [2.05, 4.69) is 5.32 Å². The highest BCUT2D eigenvalue weighted by atomic mass is 19.1. The third-order valence-corrected chi connectivity index (χ3v) is 3.81. The normalized spacial score (nSPS) is 22.3. The summed E-state index contributed by atoms with van der Waals surface area (Å²) in [4.78, 5) is 12.0. The van der Waals surface area contributed by atoms with Gasteiger partial charge in [-0.1, -0.05) is 24.3 Å². The van der Waals surface area contributed by atoms with Crippen LogP contribution >= 0.6 is 0 Å². The topological polar surface area (TPSA) is 29.1 Å². The Morgan fingerprint density at radius 3 is 1.52 bits per heavy atom. The van der Waals surface area contributed by atoms with Gasteiger partial charge in [-0.15, -0.1) is 0 Å². The Bertz CT molecular complexity index is 581. The van der Waals surface area contributed by atoms with Crippen LogP contribution in [0.1, 0.15) is 36.1 Å². The first kappa shape index (κ1) is 13.9. The van der Waals surface area contributed by atoms with Crippen molar-refractivity contribution in [2.45, 2.75) is 24.9 Å². The van der Waals surface area contributed by atoms with Crippen molar-refractivity contribution in [2.75, 3.05) is 0 Å². The molecule has 2 aromatic rings. The summed E-state index contributed by atoms with van der Waals surface area (Å²) in [6, 6.07) is 12.0. The van der Waals surface area contributed by atoms with Crippen molar-refractivity contribution in [3.05, 3.63) is 71.3 Å². The molecule has 1 N–H and O–H groups in total. The van der Waals surface area contributed by atoms with Gasteiger partial charge in [0, 0.05) is 24.9 Å². The lowest BCUT2D eigenvalue weighted by Gasteiger charge is -2.31. The predicted molar refractivity (Wildman–Crippen MR) is 75.7 cm³/mol. The average molecular weight is 287 g/mol. The van der Waals surface area contributed by atoms with Crippen LogP contribution in [0.3, 0.4) is 0 Å². The van der Waals surface area contributed by atoms with Crippen LogP contribution in [0.15, 0.2) is 48.5 Å². The van der Waals surface area contributed by atoms with Crippen LogP contribution in [0.25, 0.3) is 0 Å². The molecule has 1 saturated heterocycles. The molecule has 1 aliphatic rings. The first-order valence-corrected chi connectivity index (χ1v) is 6.90. The van der Waals surface area contributed by atoms with Crippen molar-refractivity contribution in [2.24, 2.45) is 0 Å². The third kappa shape index (κ3) is 3.16. The summed E-state index contributed by atoms with van der Waals surface area (Å²) < 4.78 is 26.0. The highest BCUT2D eigenvalue weighted by molar-refractivity contribution is 5.81. The smallest absolute Gasteiger partial charge is 0.136 e. The first-order chi connectivity index (χ1) is 10.1. The van der Waals surface area contributed by atoms with Crippen LogP contribution in [0.4, 0.5) is 8.78 Å². The molecule has 1 aliphatic heterocycles. The van der Waals surface area contributed by atoms with E-state index in [1.807, 2.05) is 0 Å². The van der Waals surface area contributed by atoms with E-state index >= 15 is 0 Å². The zero-order valence-corrected chi connectivity index (χ0v) is 11.4. The van der Waals surface area contributed by atoms with E-state index in [1.54, 1.807) is 24.3 Å². The van der Waals surface area contributed by atoms with Gasteiger partial charge < -0.3 is 5.32 Å². The van der Waals surface area contributed by atoms with E-state index in [-0.39, 0.29) is 29.5 Å². The van der Waals surface area contributed by atoms with E-state index in [4.69, 9.17) is 0 Å². The summed E-state index contributed by atoms with van der Waals surface area (Å²) in [5.41, 5.74) is 1.77. The second-order valence-corrected chi connectivity index (χ2v) is 5.32. The number of piperidine rings is 1. The maximum atomic E-state index is 13.0. The number of Topliss-reactive ketones (excluding diaryl/α,β-unsaturated/α-hetero) is 1. The van der Waals surface area contributed by atoms with E-state index in [0.717, 1.165) is 11.1 Å². The van der Waals surface area contributed by atoms with Gasteiger partial charge in [-0.2, -0.15) is 0 Å². The summed E-state index contributed by atoms with van der Waals surface area (Å²) >= 11 is 0. The van der Waals surface area contributed by atoms with Crippen molar-refractivity contribution in [1.29, 1.82) is 0 Å². The Morgan fingerprint density at radius 1 is 0.762 bits per heavy atom. The Hall–Kier alpha value is -2.07. The van der Waals surface area contributed by atoms with Crippen molar-refractivity contribution >= 4 is 5.78 Å². The molecule has 3 rings (SSSR count). The van der Waals surface area contributed by atoms with Gasteiger partial charge in [0.15, 0.2) is 0 Å². The molecule has 0 unspecified atom stereocenters. The number of carbonyl (C=O) groups is 1. The molecule has 0 aliphatic carbocycles. The van der Waals surface area contributed by atoms with Gasteiger partial charge in [0.2, 0.25) is 0 Å². The maximum Gasteiger partial charge on any atom is 0.136 e. The largest absolute Gasteiger partial charge is 0.302 e. The average Bonchev–Trinajstić information content (AvgIpc) is 2.48. The minimum absolute atomic E-state index is 0.137. The molecule has 2 aromatic carbocycles. The number of benzene rings is 2. The minimum atomic E-state index is -0.295. The van der Waals surface area contributed by atoms with Gasteiger partial charge in [-0.3, -0.25) is 4.79 Å².